The Hall–Kier alpha value is -1.06. The van der Waals surface area contributed by atoms with Crippen molar-refractivity contribution in [1.82, 2.24) is 10.2 Å². The first-order valence-electron chi connectivity index (χ1n) is 7.31. The minimum absolute atomic E-state index is 0. The van der Waals surface area contributed by atoms with E-state index in [-0.39, 0.29) is 18.3 Å². The van der Waals surface area contributed by atoms with Crippen molar-refractivity contribution in [2.75, 3.05) is 26.2 Å². The van der Waals surface area contributed by atoms with E-state index in [9.17, 15) is 4.79 Å². The number of halogens is 1. The molecule has 1 unspecified atom stereocenters. The van der Waals surface area contributed by atoms with Gasteiger partial charge in [0, 0.05) is 30.6 Å². The van der Waals surface area contributed by atoms with E-state index < -0.39 is 0 Å². The largest absolute Gasteiger partial charge is 0.338 e. The number of carbonyl (C=O) groups excluding carboxylic acids is 1. The average Bonchev–Trinajstić information content (AvgIpc) is 3.09. The number of amides is 1. The van der Waals surface area contributed by atoms with Gasteiger partial charge >= 0.3 is 0 Å². The van der Waals surface area contributed by atoms with Crippen molar-refractivity contribution in [1.29, 1.82) is 0 Å². The number of benzene rings is 1. The lowest BCUT2D eigenvalue weighted by molar-refractivity contribution is 0.0775. The van der Waals surface area contributed by atoms with Crippen molar-refractivity contribution in [3.8, 4) is 0 Å². The second-order valence-corrected chi connectivity index (χ2v) is 5.95. The summed E-state index contributed by atoms with van der Waals surface area (Å²) < 4.78 is 0. The van der Waals surface area contributed by atoms with Crippen LogP contribution in [-0.4, -0.2) is 37.0 Å². The summed E-state index contributed by atoms with van der Waals surface area (Å²) in [5.41, 5.74) is 2.48. The molecule has 3 nitrogen and oxygen atoms in total. The van der Waals surface area contributed by atoms with Crippen LogP contribution in [0.25, 0.3) is 0 Å². The van der Waals surface area contributed by atoms with Crippen LogP contribution in [0.15, 0.2) is 24.3 Å². The highest BCUT2D eigenvalue weighted by atomic mass is 35.5. The summed E-state index contributed by atoms with van der Waals surface area (Å²) in [6.07, 6.45) is 3.39. The Balaban J connectivity index is 0.00000147. The molecule has 2 aliphatic heterocycles. The molecule has 1 N–H and O–H groups in total. The maximum atomic E-state index is 12.5. The molecular weight excluding hydrogens is 272 g/mol. The number of carbonyl (C=O) groups is 1. The standard InChI is InChI=1S/C16H22N2O.ClH/c1-2-13-3-5-14(6-4-13)15(19)18-10-8-16(12-18)7-9-17-11-16;/h3-6,17H,2,7-12H2,1H3;1H. The Kier molecular flexibility index (Phi) is 4.71. The Morgan fingerprint density at radius 1 is 1.30 bits per heavy atom. The van der Waals surface area contributed by atoms with Crippen LogP contribution in [0.3, 0.4) is 0 Å². The van der Waals surface area contributed by atoms with E-state index in [2.05, 4.69) is 24.4 Å². The summed E-state index contributed by atoms with van der Waals surface area (Å²) in [6.45, 7) is 6.15. The summed E-state index contributed by atoms with van der Waals surface area (Å²) >= 11 is 0. The third kappa shape index (κ3) is 2.84. The van der Waals surface area contributed by atoms with Gasteiger partial charge in [0.1, 0.15) is 0 Å². The van der Waals surface area contributed by atoms with Gasteiger partial charge in [-0.2, -0.15) is 0 Å². The fraction of sp³-hybridized carbons (Fsp3) is 0.562. The van der Waals surface area contributed by atoms with Crippen LogP contribution in [0, 0.1) is 5.41 Å². The maximum absolute atomic E-state index is 12.5. The van der Waals surface area contributed by atoms with E-state index in [1.54, 1.807) is 0 Å². The monoisotopic (exact) mass is 294 g/mol. The summed E-state index contributed by atoms with van der Waals surface area (Å²) in [5, 5.41) is 3.43. The zero-order valence-corrected chi connectivity index (χ0v) is 12.8. The van der Waals surface area contributed by atoms with E-state index in [0.717, 1.165) is 44.6 Å². The van der Waals surface area contributed by atoms with Gasteiger partial charge in [0.15, 0.2) is 0 Å². The maximum Gasteiger partial charge on any atom is 0.253 e. The lowest BCUT2D eigenvalue weighted by Gasteiger charge is -2.22. The quantitative estimate of drug-likeness (QED) is 0.909. The number of rotatable bonds is 2. The van der Waals surface area contributed by atoms with Crippen LogP contribution in [0.5, 0.6) is 0 Å². The first-order chi connectivity index (χ1) is 9.22. The summed E-state index contributed by atoms with van der Waals surface area (Å²) in [4.78, 5) is 14.5. The van der Waals surface area contributed by atoms with E-state index in [1.807, 2.05) is 17.0 Å². The van der Waals surface area contributed by atoms with Crippen LogP contribution < -0.4 is 5.32 Å². The molecule has 1 aromatic rings. The number of nitrogens with zero attached hydrogens (tertiary/aromatic N) is 1. The molecule has 2 aliphatic rings. The molecular formula is C16H23ClN2O. The van der Waals surface area contributed by atoms with E-state index in [4.69, 9.17) is 0 Å². The Labute approximate surface area is 127 Å². The topological polar surface area (TPSA) is 32.3 Å². The molecule has 0 radical (unpaired) electrons. The second kappa shape index (κ2) is 6.15. The third-order valence-electron chi connectivity index (χ3n) is 4.67. The van der Waals surface area contributed by atoms with Gasteiger partial charge in [0.2, 0.25) is 0 Å². The smallest absolute Gasteiger partial charge is 0.253 e. The van der Waals surface area contributed by atoms with E-state index in [0.29, 0.717) is 5.41 Å². The molecule has 0 aromatic heterocycles. The molecule has 3 rings (SSSR count). The summed E-state index contributed by atoms with van der Waals surface area (Å²) in [6, 6.07) is 8.07. The normalized spacial score (nSPS) is 24.9. The molecule has 1 spiro atoms. The average molecular weight is 295 g/mol. The molecule has 2 fully saturated rings. The van der Waals surface area contributed by atoms with E-state index in [1.165, 1.54) is 12.0 Å². The molecule has 20 heavy (non-hydrogen) atoms. The molecule has 110 valence electrons. The second-order valence-electron chi connectivity index (χ2n) is 5.95. The number of aryl methyl sites for hydroxylation is 1. The van der Waals surface area contributed by atoms with Gasteiger partial charge < -0.3 is 10.2 Å². The molecule has 2 heterocycles. The van der Waals surface area contributed by atoms with Crippen LogP contribution in [0.2, 0.25) is 0 Å². The molecule has 0 saturated carbocycles. The van der Waals surface area contributed by atoms with Gasteiger partial charge in [-0.1, -0.05) is 19.1 Å². The first kappa shape index (κ1) is 15.3. The molecule has 1 amide bonds. The Bertz CT molecular complexity index is 466. The predicted octanol–water partition coefficient (Wildman–Crippen LogP) is 2.50. The predicted molar refractivity (Wildman–Crippen MR) is 83.5 cm³/mol. The van der Waals surface area contributed by atoms with Crippen LogP contribution in [0.1, 0.15) is 35.7 Å². The van der Waals surface area contributed by atoms with Crippen molar-refractivity contribution in [3.63, 3.8) is 0 Å². The number of likely N-dealkylation sites (tertiary alicyclic amines) is 1. The number of hydrogen-bond donors (Lipinski definition) is 1. The number of nitrogens with one attached hydrogen (secondary N) is 1. The van der Waals surface area contributed by atoms with Crippen molar-refractivity contribution >= 4 is 18.3 Å². The minimum Gasteiger partial charge on any atom is -0.338 e. The van der Waals surface area contributed by atoms with Crippen molar-refractivity contribution in [3.05, 3.63) is 35.4 Å². The van der Waals surface area contributed by atoms with Gasteiger partial charge in [0.25, 0.3) is 5.91 Å². The molecule has 1 aromatic carbocycles. The molecule has 0 aliphatic carbocycles. The van der Waals surface area contributed by atoms with Gasteiger partial charge in [-0.3, -0.25) is 4.79 Å². The third-order valence-corrected chi connectivity index (χ3v) is 4.67. The highest BCUT2D eigenvalue weighted by molar-refractivity contribution is 5.94. The summed E-state index contributed by atoms with van der Waals surface area (Å²) in [5.74, 6) is 0.200. The van der Waals surface area contributed by atoms with Crippen LogP contribution in [-0.2, 0) is 6.42 Å². The zero-order chi connectivity index (χ0) is 13.3. The van der Waals surface area contributed by atoms with E-state index >= 15 is 0 Å². The minimum atomic E-state index is 0. The fourth-order valence-electron chi connectivity index (χ4n) is 3.32. The highest BCUT2D eigenvalue weighted by Gasteiger charge is 2.41. The molecule has 0 bridgehead atoms. The van der Waals surface area contributed by atoms with Gasteiger partial charge in [-0.05, 0) is 43.5 Å². The first-order valence-corrected chi connectivity index (χ1v) is 7.31. The summed E-state index contributed by atoms with van der Waals surface area (Å²) in [7, 11) is 0. The van der Waals surface area contributed by atoms with Crippen LogP contribution >= 0.6 is 12.4 Å². The van der Waals surface area contributed by atoms with Crippen molar-refractivity contribution in [2.24, 2.45) is 5.41 Å². The van der Waals surface area contributed by atoms with Crippen molar-refractivity contribution < 1.29 is 4.79 Å². The zero-order valence-electron chi connectivity index (χ0n) is 12.0. The highest BCUT2D eigenvalue weighted by Crippen LogP contribution is 2.36. The molecule has 4 heteroatoms. The SMILES string of the molecule is CCc1ccc(C(=O)N2CCC3(CCNC3)C2)cc1.Cl. The fourth-order valence-corrected chi connectivity index (χ4v) is 3.32. The van der Waals surface area contributed by atoms with Gasteiger partial charge in [-0.25, -0.2) is 0 Å². The van der Waals surface area contributed by atoms with Gasteiger partial charge in [-0.15, -0.1) is 12.4 Å². The Morgan fingerprint density at radius 2 is 2.05 bits per heavy atom. The van der Waals surface area contributed by atoms with Gasteiger partial charge in [0.05, 0.1) is 0 Å². The lowest BCUT2D eigenvalue weighted by atomic mass is 9.86. The molecule has 1 atom stereocenters. The lowest BCUT2D eigenvalue weighted by Crippen LogP contribution is -2.33. The van der Waals surface area contributed by atoms with Crippen molar-refractivity contribution in [2.45, 2.75) is 26.2 Å². The molecule has 2 saturated heterocycles. The van der Waals surface area contributed by atoms with Crippen LogP contribution in [0.4, 0.5) is 0 Å². The number of hydrogen-bond acceptors (Lipinski definition) is 2. The Morgan fingerprint density at radius 3 is 2.65 bits per heavy atom.